The van der Waals surface area contributed by atoms with Gasteiger partial charge in [-0.1, -0.05) is 0 Å². The number of nitrogens with one attached hydrogen (secondary N) is 1. The van der Waals surface area contributed by atoms with Gasteiger partial charge in [0.1, 0.15) is 0 Å². The van der Waals surface area contributed by atoms with Gasteiger partial charge in [-0.3, -0.25) is 0 Å². The fraction of sp³-hybridized carbons (Fsp3) is 1.00. The molecule has 3 heterocycles. The summed E-state index contributed by atoms with van der Waals surface area (Å²) in [6.45, 7) is 2.43. The maximum Gasteiger partial charge on any atom is 0.0624 e. The molecule has 3 rings (SSSR count). The minimum absolute atomic E-state index is 0.630. The van der Waals surface area contributed by atoms with Gasteiger partial charge in [0.05, 0.1) is 12.2 Å². The van der Waals surface area contributed by atoms with Crippen molar-refractivity contribution in [2.75, 3.05) is 13.1 Å². The smallest absolute Gasteiger partial charge is 0.0624 e. The first-order valence-electron chi connectivity index (χ1n) is 4.31. The van der Waals surface area contributed by atoms with Crippen LogP contribution in [0.15, 0.2) is 0 Å². The molecule has 3 aliphatic rings. The van der Waals surface area contributed by atoms with E-state index in [0.717, 1.165) is 11.8 Å². The molecule has 4 atom stereocenters. The van der Waals surface area contributed by atoms with Crippen LogP contribution in [-0.4, -0.2) is 25.3 Å². The van der Waals surface area contributed by atoms with E-state index in [1.807, 2.05) is 0 Å². The van der Waals surface area contributed by atoms with Crippen molar-refractivity contribution in [3.05, 3.63) is 0 Å². The highest BCUT2D eigenvalue weighted by atomic mass is 16.5. The van der Waals surface area contributed by atoms with Crippen molar-refractivity contribution in [1.82, 2.24) is 5.32 Å². The number of ether oxygens (including phenoxy) is 1. The molecule has 0 amide bonds. The first-order valence-corrected chi connectivity index (χ1v) is 4.31. The molecule has 0 saturated carbocycles. The molecule has 0 aromatic heterocycles. The molecule has 3 saturated heterocycles. The lowest BCUT2D eigenvalue weighted by Gasteiger charge is -2.18. The molecule has 1 N–H and O–H groups in total. The second kappa shape index (κ2) is 1.74. The maximum atomic E-state index is 5.80. The van der Waals surface area contributed by atoms with E-state index in [0.29, 0.717) is 12.2 Å². The Labute approximate surface area is 60.9 Å². The van der Waals surface area contributed by atoms with Gasteiger partial charge in [-0.25, -0.2) is 0 Å². The number of rotatable bonds is 0. The highest BCUT2D eigenvalue weighted by molar-refractivity contribution is 5.01. The largest absolute Gasteiger partial charge is 0.374 e. The minimum Gasteiger partial charge on any atom is -0.374 e. The molecular weight excluding hydrogens is 126 g/mol. The summed E-state index contributed by atoms with van der Waals surface area (Å²) in [7, 11) is 0. The zero-order valence-electron chi connectivity index (χ0n) is 6.05. The average molecular weight is 139 g/mol. The van der Waals surface area contributed by atoms with Crippen LogP contribution < -0.4 is 5.32 Å². The minimum atomic E-state index is 0.630. The van der Waals surface area contributed by atoms with Gasteiger partial charge in [0.15, 0.2) is 0 Å². The Balaban J connectivity index is 1.92. The Kier molecular flexibility index (Phi) is 0.968. The first kappa shape index (κ1) is 5.56. The predicted octanol–water partition coefficient (Wildman–Crippen LogP) is 0.383. The number of fused-ring (bicyclic) bond motifs is 5. The molecule has 2 heteroatoms. The summed E-state index contributed by atoms with van der Waals surface area (Å²) in [4.78, 5) is 0. The zero-order chi connectivity index (χ0) is 6.55. The molecule has 2 nitrogen and oxygen atoms in total. The topological polar surface area (TPSA) is 21.3 Å². The van der Waals surface area contributed by atoms with E-state index in [9.17, 15) is 0 Å². The van der Waals surface area contributed by atoms with E-state index in [4.69, 9.17) is 4.74 Å². The van der Waals surface area contributed by atoms with Crippen LogP contribution in [-0.2, 0) is 4.74 Å². The number of hydrogen-bond donors (Lipinski definition) is 1. The summed E-state index contributed by atoms with van der Waals surface area (Å²) in [6.07, 6.45) is 3.91. The van der Waals surface area contributed by atoms with Crippen molar-refractivity contribution in [3.63, 3.8) is 0 Å². The summed E-state index contributed by atoms with van der Waals surface area (Å²) in [5.74, 6) is 1.75. The van der Waals surface area contributed by atoms with Gasteiger partial charge in [0.25, 0.3) is 0 Å². The summed E-state index contributed by atoms with van der Waals surface area (Å²) >= 11 is 0. The van der Waals surface area contributed by atoms with Crippen LogP contribution in [0.2, 0.25) is 0 Å². The van der Waals surface area contributed by atoms with E-state index in [1.54, 1.807) is 0 Å². The molecule has 3 aliphatic heterocycles. The van der Waals surface area contributed by atoms with Gasteiger partial charge >= 0.3 is 0 Å². The van der Waals surface area contributed by atoms with Crippen LogP contribution in [0.25, 0.3) is 0 Å². The second-order valence-corrected chi connectivity index (χ2v) is 3.78. The van der Waals surface area contributed by atoms with Gasteiger partial charge in [-0.05, 0) is 12.8 Å². The van der Waals surface area contributed by atoms with Crippen molar-refractivity contribution in [1.29, 1.82) is 0 Å². The predicted molar refractivity (Wildman–Crippen MR) is 37.7 cm³/mol. The molecule has 0 aliphatic carbocycles. The third-order valence-corrected chi connectivity index (χ3v) is 3.35. The number of hydrogen-bond acceptors (Lipinski definition) is 2. The summed E-state index contributed by atoms with van der Waals surface area (Å²) < 4.78 is 5.80. The Hall–Kier alpha value is -0.0800. The third kappa shape index (κ3) is 0.523. The van der Waals surface area contributed by atoms with Crippen molar-refractivity contribution in [3.8, 4) is 0 Å². The van der Waals surface area contributed by atoms with E-state index in [2.05, 4.69) is 5.32 Å². The lowest BCUT2D eigenvalue weighted by atomic mass is 9.82. The summed E-state index contributed by atoms with van der Waals surface area (Å²) in [6, 6.07) is 0. The molecule has 2 unspecified atom stereocenters. The molecule has 0 spiro atoms. The molecule has 0 radical (unpaired) electrons. The molecule has 0 aromatic carbocycles. The van der Waals surface area contributed by atoms with Crippen LogP contribution in [0.5, 0.6) is 0 Å². The van der Waals surface area contributed by atoms with Gasteiger partial charge in [0, 0.05) is 24.9 Å². The molecule has 56 valence electrons. The monoisotopic (exact) mass is 139 g/mol. The van der Waals surface area contributed by atoms with Crippen molar-refractivity contribution in [2.45, 2.75) is 25.0 Å². The SMILES string of the molecule is C1C[C@H]2OC1C1CNC[C@H]12. The molecular formula is C8H13NO. The molecule has 3 fully saturated rings. The highest BCUT2D eigenvalue weighted by Gasteiger charge is 2.50. The quantitative estimate of drug-likeness (QED) is 0.524. The fourth-order valence-electron chi connectivity index (χ4n) is 2.85. The van der Waals surface area contributed by atoms with E-state index in [-0.39, 0.29) is 0 Å². The summed E-state index contributed by atoms with van der Waals surface area (Å²) in [5.41, 5.74) is 0. The standard InChI is InChI=1S/C8H13NO/c1-2-8-6-4-9-3-5(6)7(1)10-8/h5-9H,1-4H2/t5-,6?,7-,8?/m1/s1. The Morgan fingerprint density at radius 1 is 1.00 bits per heavy atom. The fourth-order valence-corrected chi connectivity index (χ4v) is 2.85. The second-order valence-electron chi connectivity index (χ2n) is 3.78. The zero-order valence-corrected chi connectivity index (χ0v) is 6.05. The Morgan fingerprint density at radius 2 is 1.60 bits per heavy atom. The van der Waals surface area contributed by atoms with E-state index < -0.39 is 0 Å². The lowest BCUT2D eigenvalue weighted by Crippen LogP contribution is -2.24. The van der Waals surface area contributed by atoms with E-state index in [1.165, 1.54) is 25.9 Å². The van der Waals surface area contributed by atoms with Crippen LogP contribution in [0.3, 0.4) is 0 Å². The van der Waals surface area contributed by atoms with Crippen molar-refractivity contribution >= 4 is 0 Å². The Bertz CT molecular complexity index is 143. The van der Waals surface area contributed by atoms with Crippen LogP contribution in [0, 0.1) is 11.8 Å². The van der Waals surface area contributed by atoms with Gasteiger partial charge in [-0.2, -0.15) is 0 Å². The maximum absolute atomic E-state index is 5.80. The third-order valence-electron chi connectivity index (χ3n) is 3.35. The lowest BCUT2D eigenvalue weighted by molar-refractivity contribution is 0.0832. The van der Waals surface area contributed by atoms with Crippen LogP contribution in [0.4, 0.5) is 0 Å². The van der Waals surface area contributed by atoms with Gasteiger partial charge in [-0.15, -0.1) is 0 Å². The molecule has 0 aromatic rings. The van der Waals surface area contributed by atoms with Crippen LogP contribution in [0.1, 0.15) is 12.8 Å². The highest BCUT2D eigenvalue weighted by Crippen LogP contribution is 2.44. The van der Waals surface area contributed by atoms with Gasteiger partial charge < -0.3 is 10.1 Å². The van der Waals surface area contributed by atoms with Gasteiger partial charge in [0.2, 0.25) is 0 Å². The molecule has 10 heavy (non-hydrogen) atoms. The van der Waals surface area contributed by atoms with Crippen molar-refractivity contribution in [2.24, 2.45) is 11.8 Å². The average Bonchev–Trinajstić information content (AvgIpc) is 2.60. The summed E-state index contributed by atoms with van der Waals surface area (Å²) in [5, 5.41) is 3.45. The molecule has 2 bridgehead atoms. The van der Waals surface area contributed by atoms with Crippen molar-refractivity contribution < 1.29 is 4.74 Å². The Morgan fingerprint density at radius 3 is 2.20 bits per heavy atom. The van der Waals surface area contributed by atoms with E-state index >= 15 is 0 Å². The first-order chi connectivity index (χ1) is 4.95. The normalized spacial score (nSPS) is 57.6. The van der Waals surface area contributed by atoms with Crippen LogP contribution >= 0.6 is 0 Å².